The molecule has 0 fully saturated rings. The molecule has 0 rings (SSSR count). The van der Waals surface area contributed by atoms with E-state index in [0.29, 0.717) is 0 Å². The van der Waals surface area contributed by atoms with E-state index >= 15 is 0 Å². The van der Waals surface area contributed by atoms with Crippen LogP contribution in [0.3, 0.4) is 0 Å². The van der Waals surface area contributed by atoms with Crippen LogP contribution in [-0.2, 0) is 4.79 Å². The number of nitrogens with zero attached hydrogens (tertiary/aromatic N) is 1. The molecule has 0 aliphatic heterocycles. The number of hydrogen-bond acceptors (Lipinski definition) is 1. The number of quaternary nitrogens is 1. The second kappa shape index (κ2) is 13.6. The van der Waals surface area contributed by atoms with Crippen LogP contribution in [0.1, 0.15) is 78.1 Å². The van der Waals surface area contributed by atoms with Crippen LogP contribution in [0.5, 0.6) is 0 Å². The molecular formula is C20H41N2O+. The molecule has 23 heavy (non-hydrogen) atoms. The number of amides is 1. The van der Waals surface area contributed by atoms with E-state index in [2.05, 4.69) is 39.8 Å². The largest absolute Gasteiger partial charge is 0.344 e. The summed E-state index contributed by atoms with van der Waals surface area (Å²) in [4.78, 5) is 11.3. The van der Waals surface area contributed by atoms with Gasteiger partial charge in [0.25, 0.3) is 0 Å². The molecule has 1 unspecified atom stereocenters. The molecule has 0 spiro atoms. The molecule has 0 aromatic carbocycles. The van der Waals surface area contributed by atoms with Crippen LogP contribution in [0.4, 0.5) is 0 Å². The van der Waals surface area contributed by atoms with Crippen LogP contribution in [-0.4, -0.2) is 43.6 Å². The van der Waals surface area contributed by atoms with Gasteiger partial charge >= 0.3 is 0 Å². The molecule has 0 aromatic heterocycles. The molecule has 0 aliphatic carbocycles. The molecule has 1 amide bonds. The van der Waals surface area contributed by atoms with Crippen LogP contribution >= 0.6 is 0 Å². The molecular weight excluding hydrogens is 284 g/mol. The predicted octanol–water partition coefficient (Wildman–Crippen LogP) is 4.67. The summed E-state index contributed by atoms with van der Waals surface area (Å²) < 4.78 is 0.968. The maximum absolute atomic E-state index is 11.3. The Morgan fingerprint density at radius 1 is 1.00 bits per heavy atom. The van der Waals surface area contributed by atoms with Gasteiger partial charge in [0.1, 0.15) is 0 Å². The van der Waals surface area contributed by atoms with Crippen molar-refractivity contribution in [3.8, 4) is 0 Å². The number of carbonyl (C=O) groups is 1. The molecule has 136 valence electrons. The third kappa shape index (κ3) is 14.5. The van der Waals surface area contributed by atoms with Crippen LogP contribution in [0, 0.1) is 0 Å². The molecule has 0 radical (unpaired) electrons. The average Bonchev–Trinajstić information content (AvgIpc) is 2.48. The summed E-state index contributed by atoms with van der Waals surface area (Å²) >= 11 is 0. The zero-order valence-corrected chi connectivity index (χ0v) is 16.2. The Balaban J connectivity index is 3.58. The Kier molecular flexibility index (Phi) is 13.1. The summed E-state index contributed by atoms with van der Waals surface area (Å²) in [6, 6.07) is 0.193. The lowest BCUT2D eigenvalue weighted by Crippen LogP contribution is -2.50. The van der Waals surface area contributed by atoms with Crippen molar-refractivity contribution in [2.24, 2.45) is 0 Å². The third-order valence-electron chi connectivity index (χ3n) is 4.46. The van der Waals surface area contributed by atoms with Gasteiger partial charge < -0.3 is 9.80 Å². The minimum atomic E-state index is -0.0727. The SMILES string of the molecule is C=CC(=O)NC(C)C[N+](C)(C)CCCCCCCCCCCC. The average molecular weight is 326 g/mol. The first-order chi connectivity index (χ1) is 10.9. The summed E-state index contributed by atoms with van der Waals surface area (Å²) in [5.74, 6) is -0.0727. The fraction of sp³-hybridized carbons (Fsp3) is 0.850. The van der Waals surface area contributed by atoms with Gasteiger partial charge in [0.15, 0.2) is 0 Å². The first-order valence-corrected chi connectivity index (χ1v) is 9.66. The minimum Gasteiger partial charge on any atom is -0.344 e. The zero-order valence-electron chi connectivity index (χ0n) is 16.2. The normalized spacial score (nSPS) is 12.9. The second-order valence-corrected chi connectivity index (χ2v) is 7.64. The van der Waals surface area contributed by atoms with Crippen LogP contribution in [0.2, 0.25) is 0 Å². The number of unbranched alkanes of at least 4 members (excludes halogenated alkanes) is 9. The topological polar surface area (TPSA) is 29.1 Å². The maximum Gasteiger partial charge on any atom is 0.243 e. The van der Waals surface area contributed by atoms with Gasteiger partial charge in [0.2, 0.25) is 5.91 Å². The minimum absolute atomic E-state index is 0.0727. The van der Waals surface area contributed by atoms with Crippen molar-refractivity contribution in [2.45, 2.75) is 84.1 Å². The molecule has 0 heterocycles. The molecule has 3 nitrogen and oxygen atoms in total. The van der Waals surface area contributed by atoms with Gasteiger partial charge in [0, 0.05) is 0 Å². The van der Waals surface area contributed by atoms with E-state index in [-0.39, 0.29) is 11.9 Å². The maximum atomic E-state index is 11.3. The van der Waals surface area contributed by atoms with Gasteiger partial charge in [-0.25, -0.2) is 0 Å². The van der Waals surface area contributed by atoms with Gasteiger partial charge in [-0.2, -0.15) is 0 Å². The highest BCUT2D eigenvalue weighted by atomic mass is 16.1. The Bertz CT molecular complexity index is 313. The van der Waals surface area contributed by atoms with Crippen molar-refractivity contribution in [3.63, 3.8) is 0 Å². The lowest BCUT2D eigenvalue weighted by atomic mass is 10.1. The highest BCUT2D eigenvalue weighted by Gasteiger charge is 2.19. The fourth-order valence-corrected chi connectivity index (χ4v) is 3.21. The van der Waals surface area contributed by atoms with Crippen LogP contribution in [0.15, 0.2) is 12.7 Å². The molecule has 0 aromatic rings. The van der Waals surface area contributed by atoms with Crippen molar-refractivity contribution in [3.05, 3.63) is 12.7 Å². The monoisotopic (exact) mass is 325 g/mol. The molecule has 1 N–H and O–H groups in total. The Labute approximate surface area is 145 Å². The van der Waals surface area contributed by atoms with Crippen molar-refractivity contribution >= 4 is 5.91 Å². The van der Waals surface area contributed by atoms with Gasteiger partial charge in [0.05, 0.1) is 33.2 Å². The Morgan fingerprint density at radius 3 is 1.96 bits per heavy atom. The lowest BCUT2D eigenvalue weighted by Gasteiger charge is -2.32. The highest BCUT2D eigenvalue weighted by molar-refractivity contribution is 5.87. The summed E-state index contributed by atoms with van der Waals surface area (Å²) in [6.45, 7) is 9.99. The summed E-state index contributed by atoms with van der Waals surface area (Å²) in [5.41, 5.74) is 0. The second-order valence-electron chi connectivity index (χ2n) is 7.64. The predicted molar refractivity (Wildman–Crippen MR) is 101 cm³/mol. The Hall–Kier alpha value is -0.830. The Morgan fingerprint density at radius 2 is 1.48 bits per heavy atom. The molecule has 3 heteroatoms. The van der Waals surface area contributed by atoms with E-state index in [4.69, 9.17) is 0 Å². The van der Waals surface area contributed by atoms with E-state index < -0.39 is 0 Å². The highest BCUT2D eigenvalue weighted by Crippen LogP contribution is 2.12. The third-order valence-corrected chi connectivity index (χ3v) is 4.46. The molecule has 1 atom stereocenters. The zero-order chi connectivity index (χ0) is 17.6. The van der Waals surface area contributed by atoms with E-state index in [1.807, 2.05) is 0 Å². The molecule has 0 bridgehead atoms. The summed E-state index contributed by atoms with van der Waals surface area (Å²) in [5, 5.41) is 2.95. The van der Waals surface area contributed by atoms with E-state index in [9.17, 15) is 4.79 Å². The lowest BCUT2D eigenvalue weighted by molar-refractivity contribution is -0.891. The van der Waals surface area contributed by atoms with Gasteiger partial charge in [-0.05, 0) is 25.8 Å². The van der Waals surface area contributed by atoms with E-state index in [0.717, 1.165) is 11.0 Å². The number of hydrogen-bond donors (Lipinski definition) is 1. The van der Waals surface area contributed by atoms with Crippen molar-refractivity contribution in [1.29, 1.82) is 0 Å². The summed E-state index contributed by atoms with van der Waals surface area (Å²) in [7, 11) is 4.51. The molecule has 0 saturated heterocycles. The van der Waals surface area contributed by atoms with Gasteiger partial charge in [-0.3, -0.25) is 4.79 Å². The molecule has 0 saturated carbocycles. The molecule has 0 aliphatic rings. The van der Waals surface area contributed by atoms with Gasteiger partial charge in [-0.15, -0.1) is 0 Å². The van der Waals surface area contributed by atoms with Crippen molar-refractivity contribution < 1.29 is 9.28 Å². The number of carbonyl (C=O) groups excluding carboxylic acids is 1. The van der Waals surface area contributed by atoms with Gasteiger partial charge in [-0.1, -0.05) is 64.9 Å². The summed E-state index contributed by atoms with van der Waals surface area (Å²) in [6.07, 6.45) is 15.1. The number of rotatable bonds is 15. The quantitative estimate of drug-likeness (QED) is 0.264. The first kappa shape index (κ1) is 22.2. The van der Waals surface area contributed by atoms with E-state index in [1.54, 1.807) is 0 Å². The number of likely N-dealkylation sites (N-methyl/N-ethyl adjacent to an activating group) is 1. The van der Waals surface area contributed by atoms with Crippen LogP contribution in [0.25, 0.3) is 0 Å². The number of nitrogens with one attached hydrogen (secondary N) is 1. The van der Waals surface area contributed by atoms with Crippen LogP contribution < -0.4 is 5.32 Å². The van der Waals surface area contributed by atoms with Crippen molar-refractivity contribution in [1.82, 2.24) is 5.32 Å². The standard InChI is InChI=1S/C20H40N2O/c1-6-8-9-10-11-12-13-14-15-16-17-22(4,5)18-19(3)21-20(23)7-2/h7,19H,2,6,8-18H2,1,3-5H3/p+1. The first-order valence-electron chi connectivity index (χ1n) is 9.66. The van der Waals surface area contributed by atoms with Crippen molar-refractivity contribution in [2.75, 3.05) is 27.2 Å². The smallest absolute Gasteiger partial charge is 0.243 e. The fourth-order valence-electron chi connectivity index (χ4n) is 3.21. The van der Waals surface area contributed by atoms with E-state index in [1.165, 1.54) is 76.8 Å².